The van der Waals surface area contributed by atoms with Gasteiger partial charge in [0.2, 0.25) is 11.8 Å². The summed E-state index contributed by atoms with van der Waals surface area (Å²) in [5.41, 5.74) is 13.0. The van der Waals surface area contributed by atoms with E-state index in [1.807, 2.05) is 24.3 Å². The number of nitrogens with one attached hydrogen (secondary N) is 1. The average molecular weight is 415 g/mol. The molecule has 0 unspecified atom stereocenters. The van der Waals surface area contributed by atoms with E-state index in [0.717, 1.165) is 37.0 Å². The van der Waals surface area contributed by atoms with Crippen molar-refractivity contribution in [2.24, 2.45) is 17.6 Å². The average Bonchev–Trinajstić information content (AvgIpc) is 2.74. The lowest BCUT2D eigenvalue weighted by molar-refractivity contribution is -0.385. The third kappa shape index (κ3) is 5.35. The Kier molecular flexibility index (Phi) is 7.40. The number of rotatable bonds is 9. The van der Waals surface area contributed by atoms with Gasteiger partial charge in [-0.2, -0.15) is 4.98 Å². The number of hydrogen-bond acceptors (Lipinski definition) is 8. The number of ether oxygens (including phenoxy) is 1. The lowest BCUT2D eigenvalue weighted by Crippen LogP contribution is -2.23. The molecule has 3 rings (SSSR count). The summed E-state index contributed by atoms with van der Waals surface area (Å²) in [6.07, 6.45) is 5.34. The van der Waals surface area contributed by atoms with Gasteiger partial charge < -0.3 is 21.5 Å². The first-order chi connectivity index (χ1) is 14.5. The molecule has 9 nitrogen and oxygen atoms in total. The first-order valence-electron chi connectivity index (χ1n) is 10.4. The molecule has 1 aromatic heterocycles. The third-order valence-electron chi connectivity index (χ3n) is 5.82. The fraction of sp³-hybridized carbons (Fsp3) is 0.524. The molecule has 1 fully saturated rings. The Morgan fingerprint density at radius 1 is 1.20 bits per heavy atom. The summed E-state index contributed by atoms with van der Waals surface area (Å²) < 4.78 is 5.37. The molecule has 0 bridgehead atoms. The predicted molar refractivity (Wildman–Crippen MR) is 116 cm³/mol. The summed E-state index contributed by atoms with van der Waals surface area (Å²) >= 11 is 0. The molecule has 1 saturated carbocycles. The summed E-state index contributed by atoms with van der Waals surface area (Å²) in [6, 6.07) is 7.78. The topological polar surface area (TPSA) is 142 Å². The van der Waals surface area contributed by atoms with Crippen LogP contribution in [0, 0.1) is 22.0 Å². The van der Waals surface area contributed by atoms with Crippen molar-refractivity contribution in [1.29, 1.82) is 0 Å². The fourth-order valence-corrected chi connectivity index (χ4v) is 4.10. The fourth-order valence-electron chi connectivity index (χ4n) is 4.10. The van der Waals surface area contributed by atoms with Gasteiger partial charge in [0.1, 0.15) is 11.4 Å². The summed E-state index contributed by atoms with van der Waals surface area (Å²) in [7, 11) is 1.64. The van der Waals surface area contributed by atoms with Crippen molar-refractivity contribution < 1.29 is 9.66 Å². The molecule has 1 aliphatic rings. The molecular weight excluding hydrogens is 384 g/mol. The number of para-hydroxylation sites is 1. The van der Waals surface area contributed by atoms with E-state index in [-0.39, 0.29) is 11.5 Å². The number of aromatic nitrogens is 2. The Bertz CT molecular complexity index is 868. The molecule has 0 amide bonds. The molecule has 0 radical (unpaired) electrons. The van der Waals surface area contributed by atoms with Crippen LogP contribution in [0.3, 0.4) is 0 Å². The van der Waals surface area contributed by atoms with Crippen molar-refractivity contribution in [3.8, 4) is 5.75 Å². The normalized spacial score (nSPS) is 18.7. The van der Waals surface area contributed by atoms with Crippen LogP contribution in [0.5, 0.6) is 5.75 Å². The SMILES string of the molecule is COc1ccccc1CCNc1nc(N)c([N+](=O)[O-])c(CC2CCC(CN)CC2)n1. The van der Waals surface area contributed by atoms with E-state index in [9.17, 15) is 10.1 Å². The second kappa shape index (κ2) is 10.2. The molecule has 0 spiro atoms. The van der Waals surface area contributed by atoms with Crippen molar-refractivity contribution in [2.75, 3.05) is 31.2 Å². The highest BCUT2D eigenvalue weighted by Gasteiger charge is 2.27. The number of nitrogen functional groups attached to an aromatic ring is 1. The zero-order chi connectivity index (χ0) is 21.5. The second-order valence-electron chi connectivity index (χ2n) is 7.80. The van der Waals surface area contributed by atoms with Crippen LogP contribution in [0.15, 0.2) is 24.3 Å². The Balaban J connectivity index is 1.70. The van der Waals surface area contributed by atoms with Gasteiger partial charge in [0.15, 0.2) is 0 Å². The first-order valence-corrected chi connectivity index (χ1v) is 10.4. The zero-order valence-corrected chi connectivity index (χ0v) is 17.3. The molecular formula is C21H30N6O3. The number of nitrogens with two attached hydrogens (primary N) is 2. The van der Waals surface area contributed by atoms with E-state index in [4.69, 9.17) is 16.2 Å². The van der Waals surface area contributed by atoms with E-state index < -0.39 is 4.92 Å². The molecule has 1 heterocycles. The highest BCUT2D eigenvalue weighted by molar-refractivity contribution is 5.58. The van der Waals surface area contributed by atoms with Crippen LogP contribution < -0.4 is 21.5 Å². The van der Waals surface area contributed by atoms with Gasteiger partial charge in [-0.3, -0.25) is 10.1 Å². The van der Waals surface area contributed by atoms with Crippen molar-refractivity contribution >= 4 is 17.5 Å². The maximum Gasteiger partial charge on any atom is 0.332 e. The molecule has 162 valence electrons. The molecule has 9 heteroatoms. The molecule has 30 heavy (non-hydrogen) atoms. The molecule has 1 aromatic carbocycles. The van der Waals surface area contributed by atoms with E-state index >= 15 is 0 Å². The Morgan fingerprint density at radius 3 is 2.57 bits per heavy atom. The van der Waals surface area contributed by atoms with Crippen molar-refractivity contribution in [1.82, 2.24) is 9.97 Å². The van der Waals surface area contributed by atoms with Gasteiger partial charge in [-0.05, 0) is 68.5 Å². The monoisotopic (exact) mass is 414 g/mol. The van der Waals surface area contributed by atoms with E-state index in [2.05, 4.69) is 15.3 Å². The standard InChI is InChI=1S/C21H30N6O3/c1-30-18-5-3-2-4-16(18)10-11-24-21-25-17(19(27(28)29)20(23)26-21)12-14-6-8-15(13-22)9-7-14/h2-5,14-15H,6-13,22H2,1H3,(H3,23,24,25,26). The van der Waals surface area contributed by atoms with Crippen molar-refractivity contribution in [3.05, 3.63) is 45.6 Å². The maximum absolute atomic E-state index is 11.6. The van der Waals surface area contributed by atoms with Crippen molar-refractivity contribution in [2.45, 2.75) is 38.5 Å². The van der Waals surface area contributed by atoms with Gasteiger partial charge >= 0.3 is 5.69 Å². The maximum atomic E-state index is 11.6. The lowest BCUT2D eigenvalue weighted by Gasteiger charge is -2.27. The molecule has 1 aliphatic carbocycles. The summed E-state index contributed by atoms with van der Waals surface area (Å²) in [5.74, 6) is 1.94. The number of benzene rings is 1. The number of hydrogen-bond donors (Lipinski definition) is 3. The van der Waals surface area contributed by atoms with Gasteiger partial charge in [0.25, 0.3) is 0 Å². The first kappa shape index (κ1) is 21.8. The highest BCUT2D eigenvalue weighted by Crippen LogP contribution is 2.34. The molecule has 2 aromatic rings. The van der Waals surface area contributed by atoms with E-state index in [1.165, 1.54) is 0 Å². The zero-order valence-electron chi connectivity index (χ0n) is 17.3. The van der Waals surface area contributed by atoms with Crippen LogP contribution >= 0.6 is 0 Å². The summed E-state index contributed by atoms with van der Waals surface area (Å²) in [5, 5.41) is 14.7. The van der Waals surface area contributed by atoms with Crippen molar-refractivity contribution in [3.63, 3.8) is 0 Å². The molecule has 5 N–H and O–H groups in total. The Morgan fingerprint density at radius 2 is 1.90 bits per heavy atom. The molecule has 0 atom stereocenters. The van der Waals surface area contributed by atoms with Crippen LogP contribution in [0.1, 0.15) is 36.9 Å². The van der Waals surface area contributed by atoms with Gasteiger partial charge in [0.05, 0.1) is 12.0 Å². The van der Waals surface area contributed by atoms with Crippen LogP contribution in [-0.2, 0) is 12.8 Å². The molecule has 0 aliphatic heterocycles. The largest absolute Gasteiger partial charge is 0.496 e. The second-order valence-corrected chi connectivity index (χ2v) is 7.80. The third-order valence-corrected chi connectivity index (χ3v) is 5.82. The lowest BCUT2D eigenvalue weighted by atomic mass is 9.80. The number of anilines is 2. The quantitative estimate of drug-likeness (QED) is 0.420. The predicted octanol–water partition coefficient (Wildman–Crippen LogP) is 2.94. The van der Waals surface area contributed by atoms with Crippen LogP contribution in [-0.4, -0.2) is 35.1 Å². The van der Waals surface area contributed by atoms with Crippen LogP contribution in [0.25, 0.3) is 0 Å². The number of methoxy groups -OCH3 is 1. The van der Waals surface area contributed by atoms with E-state index in [0.29, 0.717) is 49.4 Å². The van der Waals surface area contributed by atoms with Crippen LogP contribution in [0.4, 0.5) is 17.5 Å². The molecule has 0 saturated heterocycles. The summed E-state index contributed by atoms with van der Waals surface area (Å²) in [6.45, 7) is 1.26. The minimum Gasteiger partial charge on any atom is -0.496 e. The number of nitro groups is 1. The van der Waals surface area contributed by atoms with Gasteiger partial charge in [-0.1, -0.05) is 18.2 Å². The van der Waals surface area contributed by atoms with Gasteiger partial charge in [-0.25, -0.2) is 4.98 Å². The number of nitrogens with zero attached hydrogens (tertiary/aromatic N) is 3. The minimum atomic E-state index is -0.477. The Hall–Kier alpha value is -2.94. The van der Waals surface area contributed by atoms with Gasteiger partial charge in [-0.15, -0.1) is 0 Å². The minimum absolute atomic E-state index is 0.0968. The highest BCUT2D eigenvalue weighted by atomic mass is 16.6. The van der Waals surface area contributed by atoms with E-state index in [1.54, 1.807) is 7.11 Å². The summed E-state index contributed by atoms with van der Waals surface area (Å²) in [4.78, 5) is 19.7. The Labute approximate surface area is 176 Å². The van der Waals surface area contributed by atoms with Gasteiger partial charge in [0, 0.05) is 6.54 Å². The van der Waals surface area contributed by atoms with Crippen LogP contribution in [0.2, 0.25) is 0 Å². The smallest absolute Gasteiger partial charge is 0.332 e.